The van der Waals surface area contributed by atoms with Gasteiger partial charge in [0.25, 0.3) is 0 Å². The van der Waals surface area contributed by atoms with E-state index in [4.69, 9.17) is 4.52 Å². The number of carbonyl (C=O) groups is 2. The fourth-order valence-corrected chi connectivity index (χ4v) is 6.74. The van der Waals surface area contributed by atoms with Gasteiger partial charge in [0.15, 0.2) is 0 Å². The molecule has 0 aliphatic carbocycles. The number of likely N-dealkylation sites (N-methyl/N-ethyl adjacent to an activating group) is 1. The molecule has 0 amide bonds. The van der Waals surface area contributed by atoms with Crippen molar-refractivity contribution in [2.75, 3.05) is 40.5 Å². The Bertz CT molecular complexity index is 668. The first-order chi connectivity index (χ1) is 20.0. The molecule has 0 bridgehead atoms. The molecule has 0 aliphatic rings. The van der Waals surface area contributed by atoms with Crippen LogP contribution in [0.2, 0.25) is 0 Å². The van der Waals surface area contributed by atoms with E-state index in [9.17, 15) is 19.0 Å². The molecule has 250 valence electrons. The van der Waals surface area contributed by atoms with Crippen molar-refractivity contribution in [2.24, 2.45) is 5.92 Å². The Morgan fingerprint density at radius 1 is 0.595 bits per heavy atom. The van der Waals surface area contributed by atoms with Crippen LogP contribution < -0.4 is 0 Å². The molecule has 0 spiro atoms. The molecule has 0 aromatic carbocycles. The van der Waals surface area contributed by atoms with Crippen LogP contribution in [0.5, 0.6) is 0 Å². The Kier molecular flexibility index (Phi) is 26.5. The van der Waals surface area contributed by atoms with Gasteiger partial charge < -0.3 is 13.9 Å². The van der Waals surface area contributed by atoms with Crippen LogP contribution in [0.25, 0.3) is 0 Å². The molecule has 0 saturated heterocycles. The summed E-state index contributed by atoms with van der Waals surface area (Å²) in [6, 6.07) is 0. The van der Waals surface area contributed by atoms with Gasteiger partial charge in [-0.1, -0.05) is 142 Å². The average Bonchev–Trinajstić information content (AvgIpc) is 2.92. The molecule has 42 heavy (non-hydrogen) atoms. The third-order valence-electron chi connectivity index (χ3n) is 8.30. The van der Waals surface area contributed by atoms with Crippen LogP contribution in [0.1, 0.15) is 168 Å². The van der Waals surface area contributed by atoms with Gasteiger partial charge in [-0.2, -0.15) is 0 Å². The van der Waals surface area contributed by atoms with Gasteiger partial charge >= 0.3 is 7.60 Å². The number of rotatable bonds is 32. The van der Waals surface area contributed by atoms with Gasteiger partial charge in [0.1, 0.15) is 24.7 Å². The summed E-state index contributed by atoms with van der Waals surface area (Å²) in [7, 11) is 1.94. The number of quaternary nitrogens is 1. The lowest BCUT2D eigenvalue weighted by atomic mass is 9.93. The molecular weight excluding hydrogens is 545 g/mol. The van der Waals surface area contributed by atoms with Crippen molar-refractivity contribution in [1.82, 2.24) is 0 Å². The van der Waals surface area contributed by atoms with Crippen molar-refractivity contribution in [3.05, 3.63) is 0 Å². The predicted molar refractivity (Wildman–Crippen MR) is 179 cm³/mol. The van der Waals surface area contributed by atoms with Crippen LogP contribution in [0.3, 0.4) is 0 Å². The molecule has 0 fully saturated rings. The maximum Gasteiger partial charge on any atom is 0.329 e. The summed E-state index contributed by atoms with van der Waals surface area (Å²) in [5, 5.41) is 0. The standard InChI is InChI=1S/C35H70NO5P/c1-6-8-10-12-14-16-18-20-22-24-26-28-34(37)33(32-42(39,40)41-31-30-36(3,4)5)35(38)29-27-25-23-21-19-17-15-13-11-9-7-2/h33H,6-32H2,1-5H3/p+1. The third-order valence-corrected chi connectivity index (χ3v) is 9.71. The number of carbonyl (C=O) groups excluding carboxylic acids is 2. The minimum atomic E-state index is -4.03. The Morgan fingerprint density at radius 3 is 1.21 bits per heavy atom. The minimum absolute atomic E-state index is 0.129. The first kappa shape index (κ1) is 41.4. The molecular formula is C35H71NO5P+. The number of ketones is 2. The zero-order chi connectivity index (χ0) is 31.5. The number of Topliss-reactive ketones (excluding diaryl/α,β-unsaturated/α-hetero) is 2. The topological polar surface area (TPSA) is 80.7 Å². The number of unbranched alkanes of at least 4 members (excludes halogenated alkanes) is 20. The van der Waals surface area contributed by atoms with Gasteiger partial charge in [-0.05, 0) is 12.8 Å². The molecule has 1 N–H and O–H groups in total. The zero-order valence-electron chi connectivity index (χ0n) is 28.6. The smallest absolute Gasteiger partial charge is 0.329 e. The maximum atomic E-state index is 13.1. The van der Waals surface area contributed by atoms with E-state index in [1.165, 1.54) is 103 Å². The lowest BCUT2D eigenvalue weighted by Crippen LogP contribution is -2.37. The minimum Gasteiger partial charge on any atom is -0.329 e. The number of hydrogen-bond acceptors (Lipinski definition) is 4. The number of hydrogen-bond donors (Lipinski definition) is 1. The van der Waals surface area contributed by atoms with Gasteiger partial charge in [0.2, 0.25) is 0 Å². The molecule has 0 saturated carbocycles. The SMILES string of the molecule is CCCCCCCCCCCCCC(=O)C(CP(=O)(O)OCC[N+](C)(C)C)C(=O)CCCCCCCCCCCCC. The first-order valence-electron chi connectivity index (χ1n) is 17.8. The summed E-state index contributed by atoms with van der Waals surface area (Å²) >= 11 is 0. The lowest BCUT2D eigenvalue weighted by Gasteiger charge is -2.25. The highest BCUT2D eigenvalue weighted by molar-refractivity contribution is 7.52. The second-order valence-corrected chi connectivity index (χ2v) is 15.6. The van der Waals surface area contributed by atoms with E-state index in [-0.39, 0.29) is 24.3 Å². The van der Waals surface area contributed by atoms with Crippen molar-refractivity contribution >= 4 is 19.2 Å². The van der Waals surface area contributed by atoms with Crippen LogP contribution in [0, 0.1) is 5.92 Å². The van der Waals surface area contributed by atoms with E-state index < -0.39 is 13.5 Å². The second-order valence-electron chi connectivity index (χ2n) is 13.7. The Labute approximate surface area is 261 Å². The summed E-state index contributed by atoms with van der Waals surface area (Å²) < 4.78 is 18.8. The van der Waals surface area contributed by atoms with Crippen molar-refractivity contribution in [3.63, 3.8) is 0 Å². The predicted octanol–water partition coefficient (Wildman–Crippen LogP) is 10.1. The molecule has 6 nitrogen and oxygen atoms in total. The zero-order valence-corrected chi connectivity index (χ0v) is 29.5. The van der Waals surface area contributed by atoms with Gasteiger partial charge in [0.05, 0.1) is 33.2 Å². The Morgan fingerprint density at radius 2 is 0.905 bits per heavy atom. The highest BCUT2D eigenvalue weighted by Crippen LogP contribution is 2.44. The molecule has 0 aliphatic heterocycles. The molecule has 0 rings (SSSR count). The molecule has 0 aromatic rings. The fourth-order valence-electron chi connectivity index (χ4n) is 5.40. The van der Waals surface area contributed by atoms with Crippen molar-refractivity contribution < 1.29 is 28.1 Å². The third kappa shape index (κ3) is 27.0. The van der Waals surface area contributed by atoms with Gasteiger partial charge in [0, 0.05) is 12.8 Å². The van der Waals surface area contributed by atoms with Crippen molar-refractivity contribution in [1.29, 1.82) is 0 Å². The van der Waals surface area contributed by atoms with E-state index in [1.54, 1.807) is 0 Å². The largest absolute Gasteiger partial charge is 0.329 e. The van der Waals surface area contributed by atoms with E-state index in [0.717, 1.165) is 38.5 Å². The molecule has 0 aromatic heterocycles. The summed E-state index contributed by atoms with van der Waals surface area (Å²) in [6.45, 7) is 5.19. The van der Waals surface area contributed by atoms with Crippen LogP contribution in [-0.2, 0) is 18.7 Å². The van der Waals surface area contributed by atoms with Crippen molar-refractivity contribution in [3.8, 4) is 0 Å². The second kappa shape index (κ2) is 26.8. The summed E-state index contributed by atoms with van der Waals surface area (Å²) in [4.78, 5) is 36.8. The summed E-state index contributed by atoms with van der Waals surface area (Å²) in [6.07, 6.45) is 26.6. The maximum absolute atomic E-state index is 13.1. The molecule has 0 radical (unpaired) electrons. The van der Waals surface area contributed by atoms with Crippen LogP contribution in [-0.4, -0.2) is 61.4 Å². The van der Waals surface area contributed by atoms with E-state index in [2.05, 4.69) is 13.8 Å². The van der Waals surface area contributed by atoms with Crippen LogP contribution >= 0.6 is 7.60 Å². The Hall–Kier alpha value is -0.550. The first-order valence-corrected chi connectivity index (χ1v) is 19.6. The fraction of sp³-hybridized carbons (Fsp3) is 0.943. The summed E-state index contributed by atoms with van der Waals surface area (Å²) in [5.41, 5.74) is 0. The van der Waals surface area contributed by atoms with E-state index in [1.807, 2.05) is 21.1 Å². The molecule has 1 atom stereocenters. The molecule has 7 heteroatoms. The van der Waals surface area contributed by atoms with E-state index in [0.29, 0.717) is 23.9 Å². The monoisotopic (exact) mass is 617 g/mol. The average molecular weight is 617 g/mol. The number of nitrogens with zero attached hydrogens (tertiary/aromatic N) is 1. The highest BCUT2D eigenvalue weighted by Gasteiger charge is 2.34. The molecule has 0 heterocycles. The van der Waals surface area contributed by atoms with Gasteiger partial charge in [-0.3, -0.25) is 14.2 Å². The lowest BCUT2D eigenvalue weighted by molar-refractivity contribution is -0.870. The highest BCUT2D eigenvalue weighted by atomic mass is 31.2. The quantitative estimate of drug-likeness (QED) is 0.0352. The Balaban J connectivity index is 4.54. The van der Waals surface area contributed by atoms with Gasteiger partial charge in [-0.25, -0.2) is 0 Å². The van der Waals surface area contributed by atoms with E-state index >= 15 is 0 Å². The van der Waals surface area contributed by atoms with Crippen molar-refractivity contribution in [2.45, 2.75) is 168 Å². The van der Waals surface area contributed by atoms with Crippen LogP contribution in [0.4, 0.5) is 0 Å². The molecule has 1 unspecified atom stereocenters. The van der Waals surface area contributed by atoms with Crippen LogP contribution in [0.15, 0.2) is 0 Å². The van der Waals surface area contributed by atoms with Gasteiger partial charge in [-0.15, -0.1) is 0 Å². The summed E-state index contributed by atoms with van der Waals surface area (Å²) in [5.74, 6) is -1.37. The normalized spacial score (nSPS) is 13.5.